The Balaban J connectivity index is 1.55. The first kappa shape index (κ1) is 16.0. The molecule has 2 heterocycles. The van der Waals surface area contributed by atoms with Crippen LogP contribution >= 0.6 is 0 Å². The quantitative estimate of drug-likeness (QED) is 0.627. The highest BCUT2D eigenvalue weighted by molar-refractivity contribution is 5.78. The topological polar surface area (TPSA) is 92.7 Å². The van der Waals surface area contributed by atoms with Gasteiger partial charge >= 0.3 is 0 Å². The van der Waals surface area contributed by atoms with Gasteiger partial charge in [0.25, 0.3) is 5.69 Å². The molecule has 1 aliphatic rings. The number of hydrogen-bond donors (Lipinski definition) is 0. The molecule has 24 heavy (non-hydrogen) atoms. The van der Waals surface area contributed by atoms with E-state index in [4.69, 9.17) is 4.52 Å². The van der Waals surface area contributed by atoms with Crippen molar-refractivity contribution in [2.75, 3.05) is 31.1 Å². The van der Waals surface area contributed by atoms with Crippen LogP contribution in [0.5, 0.6) is 0 Å². The number of nitrogens with zero attached hydrogens (tertiary/aromatic N) is 4. The molecule has 0 saturated carbocycles. The van der Waals surface area contributed by atoms with Crippen molar-refractivity contribution in [1.82, 2.24) is 10.1 Å². The van der Waals surface area contributed by atoms with Crippen molar-refractivity contribution in [3.05, 3.63) is 51.9 Å². The molecule has 0 bridgehead atoms. The van der Waals surface area contributed by atoms with Gasteiger partial charge in [0.1, 0.15) is 5.76 Å². The second-order valence-electron chi connectivity index (χ2n) is 5.75. The number of piperazine rings is 1. The lowest BCUT2D eigenvalue weighted by molar-refractivity contribution is -0.384. The fourth-order valence-corrected chi connectivity index (χ4v) is 2.77. The minimum absolute atomic E-state index is 0.0339. The van der Waals surface area contributed by atoms with Crippen molar-refractivity contribution in [3.8, 4) is 0 Å². The molecule has 0 N–H and O–H groups in total. The molecule has 1 saturated heterocycles. The van der Waals surface area contributed by atoms with Gasteiger partial charge in [-0.2, -0.15) is 0 Å². The molecule has 1 aromatic carbocycles. The summed E-state index contributed by atoms with van der Waals surface area (Å²) in [6.07, 6.45) is 0.245. The summed E-state index contributed by atoms with van der Waals surface area (Å²) in [6.45, 7) is 4.42. The van der Waals surface area contributed by atoms with Crippen LogP contribution in [0.4, 0.5) is 11.4 Å². The summed E-state index contributed by atoms with van der Waals surface area (Å²) in [5.41, 5.74) is 1.66. The third kappa shape index (κ3) is 3.53. The first-order chi connectivity index (χ1) is 11.5. The van der Waals surface area contributed by atoms with E-state index in [1.807, 2.05) is 4.90 Å². The van der Waals surface area contributed by atoms with Gasteiger partial charge in [-0.3, -0.25) is 14.9 Å². The standard InChI is InChI=1S/C16H18N4O4/c1-12-10-13(17-24-12)11-16(21)19-8-6-18(7-9-19)14-2-4-15(5-3-14)20(22)23/h2-5,10H,6-9,11H2,1H3. The SMILES string of the molecule is Cc1cc(CC(=O)N2CCN(c3ccc([N+](=O)[O-])cc3)CC2)no1. The molecule has 0 spiro atoms. The maximum Gasteiger partial charge on any atom is 0.269 e. The zero-order chi connectivity index (χ0) is 17.1. The average molecular weight is 330 g/mol. The summed E-state index contributed by atoms with van der Waals surface area (Å²) in [6, 6.07) is 8.26. The van der Waals surface area contributed by atoms with Gasteiger partial charge < -0.3 is 14.3 Å². The molecule has 126 valence electrons. The van der Waals surface area contributed by atoms with E-state index < -0.39 is 4.92 Å². The maximum atomic E-state index is 12.3. The number of rotatable bonds is 4. The van der Waals surface area contributed by atoms with Crippen LogP contribution in [-0.4, -0.2) is 47.1 Å². The molecule has 1 fully saturated rings. The molecule has 0 atom stereocenters. The van der Waals surface area contributed by atoms with E-state index in [1.165, 1.54) is 12.1 Å². The van der Waals surface area contributed by atoms with Gasteiger partial charge in [0.15, 0.2) is 0 Å². The van der Waals surface area contributed by atoms with Gasteiger partial charge in [-0.25, -0.2) is 0 Å². The number of nitro benzene ring substituents is 1. The Morgan fingerprint density at radius 1 is 1.25 bits per heavy atom. The molecular formula is C16H18N4O4. The molecule has 8 heteroatoms. The minimum atomic E-state index is -0.411. The number of carbonyl (C=O) groups excluding carboxylic acids is 1. The van der Waals surface area contributed by atoms with E-state index in [2.05, 4.69) is 10.1 Å². The van der Waals surface area contributed by atoms with Gasteiger partial charge in [0.2, 0.25) is 5.91 Å². The Morgan fingerprint density at radius 2 is 1.92 bits per heavy atom. The van der Waals surface area contributed by atoms with Crippen LogP contribution in [0.3, 0.4) is 0 Å². The normalized spacial score (nSPS) is 14.7. The van der Waals surface area contributed by atoms with Crippen LogP contribution in [0, 0.1) is 17.0 Å². The van der Waals surface area contributed by atoms with Gasteiger partial charge in [-0.05, 0) is 19.1 Å². The smallest absolute Gasteiger partial charge is 0.269 e. The Kier molecular flexibility index (Phi) is 4.45. The van der Waals surface area contributed by atoms with Crippen LogP contribution in [0.25, 0.3) is 0 Å². The fraction of sp³-hybridized carbons (Fsp3) is 0.375. The number of carbonyl (C=O) groups is 1. The number of aryl methyl sites for hydroxylation is 1. The number of hydrogen-bond acceptors (Lipinski definition) is 6. The predicted octanol–water partition coefficient (Wildman–Crippen LogP) is 1.78. The summed E-state index contributed by atoms with van der Waals surface area (Å²) >= 11 is 0. The zero-order valence-corrected chi connectivity index (χ0v) is 13.3. The van der Waals surface area contributed by atoms with E-state index >= 15 is 0 Å². The summed E-state index contributed by atoms with van der Waals surface area (Å²) < 4.78 is 4.98. The molecule has 0 unspecified atom stereocenters. The largest absolute Gasteiger partial charge is 0.368 e. The van der Waals surface area contributed by atoms with E-state index in [9.17, 15) is 14.9 Å². The first-order valence-corrected chi connectivity index (χ1v) is 7.72. The summed E-state index contributed by atoms with van der Waals surface area (Å²) in [7, 11) is 0. The van der Waals surface area contributed by atoms with E-state index in [1.54, 1.807) is 25.1 Å². The summed E-state index contributed by atoms with van der Waals surface area (Å²) in [4.78, 5) is 26.5. The molecule has 3 rings (SSSR count). The van der Waals surface area contributed by atoms with E-state index in [0.29, 0.717) is 37.6 Å². The van der Waals surface area contributed by atoms with Crippen LogP contribution in [0.2, 0.25) is 0 Å². The highest BCUT2D eigenvalue weighted by Crippen LogP contribution is 2.20. The molecule has 1 aliphatic heterocycles. The minimum Gasteiger partial charge on any atom is -0.368 e. The average Bonchev–Trinajstić information content (AvgIpc) is 3.00. The Labute approximate surface area is 138 Å². The monoisotopic (exact) mass is 330 g/mol. The van der Waals surface area contributed by atoms with Crippen LogP contribution in [0.15, 0.2) is 34.9 Å². The van der Waals surface area contributed by atoms with Crippen molar-refractivity contribution >= 4 is 17.3 Å². The number of amides is 1. The van der Waals surface area contributed by atoms with Gasteiger partial charge in [-0.1, -0.05) is 5.16 Å². The van der Waals surface area contributed by atoms with Crippen LogP contribution in [-0.2, 0) is 11.2 Å². The van der Waals surface area contributed by atoms with Crippen molar-refractivity contribution in [1.29, 1.82) is 0 Å². The van der Waals surface area contributed by atoms with Crippen molar-refractivity contribution in [2.24, 2.45) is 0 Å². The van der Waals surface area contributed by atoms with Gasteiger partial charge in [-0.15, -0.1) is 0 Å². The maximum absolute atomic E-state index is 12.3. The Morgan fingerprint density at radius 3 is 2.46 bits per heavy atom. The third-order valence-corrected chi connectivity index (χ3v) is 4.07. The lowest BCUT2D eigenvalue weighted by atomic mass is 10.2. The van der Waals surface area contributed by atoms with Gasteiger partial charge in [0.05, 0.1) is 17.0 Å². The van der Waals surface area contributed by atoms with Crippen molar-refractivity contribution in [2.45, 2.75) is 13.3 Å². The third-order valence-electron chi connectivity index (χ3n) is 4.07. The number of benzene rings is 1. The fourth-order valence-electron chi connectivity index (χ4n) is 2.77. The van der Waals surface area contributed by atoms with E-state index in [-0.39, 0.29) is 18.0 Å². The second kappa shape index (κ2) is 6.69. The zero-order valence-electron chi connectivity index (χ0n) is 13.3. The molecule has 2 aromatic rings. The first-order valence-electron chi connectivity index (χ1n) is 7.72. The number of anilines is 1. The highest BCUT2D eigenvalue weighted by atomic mass is 16.6. The number of nitro groups is 1. The molecule has 0 aliphatic carbocycles. The molecule has 0 radical (unpaired) electrons. The lowest BCUT2D eigenvalue weighted by Gasteiger charge is -2.36. The molecule has 1 amide bonds. The van der Waals surface area contributed by atoms with Gasteiger partial charge in [0, 0.05) is 50.1 Å². The van der Waals surface area contributed by atoms with E-state index in [0.717, 1.165) is 5.69 Å². The summed E-state index contributed by atoms with van der Waals surface area (Å²) in [5.74, 6) is 0.729. The molecule has 1 aromatic heterocycles. The molecule has 8 nitrogen and oxygen atoms in total. The molecular weight excluding hydrogens is 312 g/mol. The lowest BCUT2D eigenvalue weighted by Crippen LogP contribution is -2.49. The summed E-state index contributed by atoms with van der Waals surface area (Å²) in [5, 5.41) is 14.5. The van der Waals surface area contributed by atoms with Crippen LogP contribution in [0.1, 0.15) is 11.5 Å². The Bertz CT molecular complexity index is 733. The second-order valence-corrected chi connectivity index (χ2v) is 5.75. The van der Waals surface area contributed by atoms with Crippen molar-refractivity contribution < 1.29 is 14.2 Å². The predicted molar refractivity (Wildman–Crippen MR) is 86.8 cm³/mol. The van der Waals surface area contributed by atoms with Crippen LogP contribution < -0.4 is 4.90 Å². The number of non-ortho nitro benzene ring substituents is 1. The van der Waals surface area contributed by atoms with Crippen molar-refractivity contribution in [3.63, 3.8) is 0 Å². The highest BCUT2D eigenvalue weighted by Gasteiger charge is 2.22. The number of aromatic nitrogens is 1. The Hall–Kier alpha value is -2.90.